The molecule has 3 rings (SSSR count). The highest BCUT2D eigenvalue weighted by Crippen LogP contribution is 2.16. The summed E-state index contributed by atoms with van der Waals surface area (Å²) in [4.78, 5) is 33.0. The van der Waals surface area contributed by atoms with Crippen LogP contribution < -0.4 is 10.6 Å². The van der Waals surface area contributed by atoms with E-state index in [0.29, 0.717) is 38.3 Å². The number of nitrogens with zero attached hydrogens (tertiary/aromatic N) is 3. The summed E-state index contributed by atoms with van der Waals surface area (Å²) in [6, 6.07) is 7.58. The fourth-order valence-electron chi connectivity index (χ4n) is 3.71. The summed E-state index contributed by atoms with van der Waals surface area (Å²) < 4.78 is 5.52. The van der Waals surface area contributed by atoms with E-state index >= 15 is 0 Å². The van der Waals surface area contributed by atoms with Gasteiger partial charge in [0.1, 0.15) is 6.10 Å². The number of guanidine groups is 1. The molecule has 2 aliphatic heterocycles. The Kier molecular flexibility index (Phi) is 7.46. The van der Waals surface area contributed by atoms with Gasteiger partial charge in [-0.05, 0) is 37.5 Å². The van der Waals surface area contributed by atoms with Crippen molar-refractivity contribution in [2.45, 2.75) is 32.4 Å². The highest BCUT2D eigenvalue weighted by molar-refractivity contribution is 5.94. The molecular weight excluding hydrogens is 370 g/mol. The Hall–Kier alpha value is -2.61. The molecular formula is C21H31N5O3. The molecule has 2 fully saturated rings. The average molecular weight is 402 g/mol. The standard InChI is InChI=1S/C21H31N5O3/c1-3-23-19(27)17-7-4-6-16(14-17)15-24-21(22-2)26-11-9-25(10-12-26)20(28)18-8-5-13-29-18/h4,6-7,14,18H,3,5,8-13,15H2,1-2H3,(H,22,24)(H,23,27). The van der Waals surface area contributed by atoms with E-state index < -0.39 is 0 Å². The predicted molar refractivity (Wildman–Crippen MR) is 112 cm³/mol. The summed E-state index contributed by atoms with van der Waals surface area (Å²) in [5.41, 5.74) is 1.67. The van der Waals surface area contributed by atoms with Gasteiger partial charge in [0.2, 0.25) is 0 Å². The first-order valence-electron chi connectivity index (χ1n) is 10.4. The zero-order chi connectivity index (χ0) is 20.6. The summed E-state index contributed by atoms with van der Waals surface area (Å²) in [6.07, 6.45) is 1.54. The van der Waals surface area contributed by atoms with Crippen LogP contribution in [-0.4, -0.2) is 80.1 Å². The summed E-state index contributed by atoms with van der Waals surface area (Å²) in [6.45, 7) is 6.59. The molecule has 0 radical (unpaired) electrons. The van der Waals surface area contributed by atoms with Gasteiger partial charge >= 0.3 is 0 Å². The third-order valence-electron chi connectivity index (χ3n) is 5.28. The number of piperazine rings is 1. The minimum atomic E-state index is -0.254. The third-order valence-corrected chi connectivity index (χ3v) is 5.28. The molecule has 0 bridgehead atoms. The number of rotatable bonds is 5. The minimum Gasteiger partial charge on any atom is -0.368 e. The number of amides is 2. The van der Waals surface area contributed by atoms with E-state index in [1.807, 2.05) is 36.1 Å². The van der Waals surface area contributed by atoms with Crippen LogP contribution in [0.15, 0.2) is 29.3 Å². The molecule has 2 saturated heterocycles. The molecule has 29 heavy (non-hydrogen) atoms. The molecule has 1 aromatic rings. The molecule has 0 spiro atoms. The molecule has 8 nitrogen and oxygen atoms in total. The lowest BCUT2D eigenvalue weighted by atomic mass is 10.1. The highest BCUT2D eigenvalue weighted by Gasteiger charge is 2.30. The van der Waals surface area contributed by atoms with Gasteiger partial charge < -0.3 is 25.2 Å². The maximum atomic E-state index is 12.5. The molecule has 0 aromatic heterocycles. The van der Waals surface area contributed by atoms with Gasteiger partial charge in [0.25, 0.3) is 11.8 Å². The van der Waals surface area contributed by atoms with Crippen LogP contribution in [0.2, 0.25) is 0 Å². The fraction of sp³-hybridized carbons (Fsp3) is 0.571. The molecule has 2 heterocycles. The van der Waals surface area contributed by atoms with E-state index in [4.69, 9.17) is 4.74 Å². The van der Waals surface area contributed by atoms with Gasteiger partial charge in [-0.15, -0.1) is 0 Å². The van der Waals surface area contributed by atoms with Crippen LogP contribution in [0.4, 0.5) is 0 Å². The van der Waals surface area contributed by atoms with Gasteiger partial charge in [-0.3, -0.25) is 14.6 Å². The molecule has 2 aliphatic rings. The lowest BCUT2D eigenvalue weighted by Crippen LogP contribution is -2.55. The minimum absolute atomic E-state index is 0.0641. The summed E-state index contributed by atoms with van der Waals surface area (Å²) in [5, 5.41) is 6.19. The van der Waals surface area contributed by atoms with E-state index in [1.165, 1.54) is 0 Å². The van der Waals surface area contributed by atoms with Crippen molar-refractivity contribution in [1.82, 2.24) is 20.4 Å². The maximum Gasteiger partial charge on any atom is 0.251 e. The first-order chi connectivity index (χ1) is 14.1. The number of hydrogen-bond donors (Lipinski definition) is 2. The molecule has 2 N–H and O–H groups in total. The molecule has 1 aromatic carbocycles. The molecule has 8 heteroatoms. The van der Waals surface area contributed by atoms with Crippen LogP contribution >= 0.6 is 0 Å². The van der Waals surface area contributed by atoms with Crippen molar-refractivity contribution in [3.63, 3.8) is 0 Å². The topological polar surface area (TPSA) is 86.3 Å². The molecule has 158 valence electrons. The SMILES string of the molecule is CCNC(=O)c1cccc(CNC(=NC)N2CCN(C(=O)C3CCCO3)CC2)c1. The van der Waals surface area contributed by atoms with Crippen molar-refractivity contribution in [1.29, 1.82) is 0 Å². The number of aliphatic imine (C=N–C) groups is 1. The van der Waals surface area contributed by atoms with Crippen molar-refractivity contribution >= 4 is 17.8 Å². The second kappa shape index (κ2) is 10.2. The summed E-state index contributed by atoms with van der Waals surface area (Å²) >= 11 is 0. The lowest BCUT2D eigenvalue weighted by molar-refractivity contribution is -0.142. The molecule has 1 atom stereocenters. The first kappa shape index (κ1) is 21.1. The second-order valence-corrected chi connectivity index (χ2v) is 7.27. The van der Waals surface area contributed by atoms with Crippen LogP contribution in [0.25, 0.3) is 0 Å². The zero-order valence-corrected chi connectivity index (χ0v) is 17.3. The Labute approximate surface area is 172 Å². The Morgan fingerprint density at radius 3 is 2.59 bits per heavy atom. The first-order valence-corrected chi connectivity index (χ1v) is 10.4. The normalized spacial score (nSPS) is 19.9. The number of hydrogen-bond acceptors (Lipinski definition) is 4. The predicted octanol–water partition coefficient (Wildman–Crippen LogP) is 0.835. The third kappa shape index (κ3) is 5.47. The van der Waals surface area contributed by atoms with E-state index in [9.17, 15) is 9.59 Å². The van der Waals surface area contributed by atoms with E-state index in [0.717, 1.165) is 37.5 Å². The zero-order valence-electron chi connectivity index (χ0n) is 17.3. The number of carbonyl (C=O) groups excluding carboxylic acids is 2. The Bertz CT molecular complexity index is 738. The van der Waals surface area contributed by atoms with Crippen molar-refractivity contribution in [2.75, 3.05) is 46.4 Å². The Balaban J connectivity index is 1.50. The smallest absolute Gasteiger partial charge is 0.251 e. The van der Waals surface area contributed by atoms with Crippen LogP contribution in [0.1, 0.15) is 35.7 Å². The summed E-state index contributed by atoms with van der Waals surface area (Å²) in [7, 11) is 1.76. The van der Waals surface area contributed by atoms with Crippen molar-refractivity contribution in [3.8, 4) is 0 Å². The maximum absolute atomic E-state index is 12.5. The van der Waals surface area contributed by atoms with Crippen molar-refractivity contribution < 1.29 is 14.3 Å². The number of nitrogens with one attached hydrogen (secondary N) is 2. The second-order valence-electron chi connectivity index (χ2n) is 7.27. The van der Waals surface area contributed by atoms with Crippen LogP contribution in [0.5, 0.6) is 0 Å². The fourth-order valence-corrected chi connectivity index (χ4v) is 3.71. The van der Waals surface area contributed by atoms with E-state index in [-0.39, 0.29) is 17.9 Å². The summed E-state index contributed by atoms with van der Waals surface area (Å²) in [5.74, 6) is 0.857. The highest BCUT2D eigenvalue weighted by atomic mass is 16.5. The molecule has 0 saturated carbocycles. The van der Waals surface area contributed by atoms with Gasteiger partial charge in [-0.25, -0.2) is 0 Å². The van der Waals surface area contributed by atoms with Crippen molar-refractivity contribution in [3.05, 3.63) is 35.4 Å². The van der Waals surface area contributed by atoms with E-state index in [2.05, 4.69) is 20.5 Å². The monoisotopic (exact) mass is 401 g/mol. The molecule has 2 amide bonds. The quantitative estimate of drug-likeness (QED) is 0.564. The van der Waals surface area contributed by atoms with Gasteiger partial charge in [0.15, 0.2) is 5.96 Å². The van der Waals surface area contributed by atoms with Crippen LogP contribution in [0.3, 0.4) is 0 Å². The van der Waals surface area contributed by atoms with Gasteiger partial charge in [-0.2, -0.15) is 0 Å². The van der Waals surface area contributed by atoms with Crippen molar-refractivity contribution in [2.24, 2.45) is 4.99 Å². The lowest BCUT2D eigenvalue weighted by Gasteiger charge is -2.37. The largest absolute Gasteiger partial charge is 0.368 e. The van der Waals surface area contributed by atoms with Gasteiger partial charge in [-0.1, -0.05) is 12.1 Å². The number of benzene rings is 1. The van der Waals surface area contributed by atoms with Gasteiger partial charge in [0.05, 0.1) is 0 Å². The molecule has 1 unspecified atom stereocenters. The number of carbonyl (C=O) groups is 2. The number of ether oxygens (including phenoxy) is 1. The van der Waals surface area contributed by atoms with Gasteiger partial charge in [0, 0.05) is 58.5 Å². The molecule has 0 aliphatic carbocycles. The Morgan fingerprint density at radius 1 is 1.17 bits per heavy atom. The van der Waals surface area contributed by atoms with E-state index in [1.54, 1.807) is 7.05 Å². The van der Waals surface area contributed by atoms with Crippen LogP contribution in [0, 0.1) is 0 Å². The Morgan fingerprint density at radius 2 is 1.93 bits per heavy atom. The van der Waals surface area contributed by atoms with Crippen LogP contribution in [-0.2, 0) is 16.1 Å². The average Bonchev–Trinajstić information content (AvgIpc) is 3.29.